The molecule has 3 fully saturated rings. The van der Waals surface area contributed by atoms with Crippen LogP contribution in [-0.4, -0.2) is 83.5 Å². The van der Waals surface area contributed by atoms with Crippen molar-refractivity contribution in [3.05, 3.63) is 72.8 Å². The van der Waals surface area contributed by atoms with Crippen LogP contribution in [0.15, 0.2) is 102 Å². The summed E-state index contributed by atoms with van der Waals surface area (Å²) in [6, 6.07) is 18.2. The topological polar surface area (TPSA) is 181 Å². The summed E-state index contributed by atoms with van der Waals surface area (Å²) in [4.78, 5) is 39.9. The van der Waals surface area contributed by atoms with Gasteiger partial charge in [0, 0.05) is 0 Å². The van der Waals surface area contributed by atoms with Crippen LogP contribution in [0.4, 0.5) is 0 Å². The Morgan fingerprint density at radius 3 is 0.797 bits per heavy atom. The van der Waals surface area contributed by atoms with E-state index in [1.807, 2.05) is 27.0 Å². The van der Waals surface area contributed by atoms with Crippen molar-refractivity contribution in [2.24, 2.45) is 0 Å². The van der Waals surface area contributed by atoms with Gasteiger partial charge in [-0.1, -0.05) is 0 Å². The van der Waals surface area contributed by atoms with Crippen molar-refractivity contribution in [3.63, 3.8) is 0 Å². The highest BCUT2D eigenvalue weighted by Gasteiger charge is 2.37. The van der Waals surface area contributed by atoms with Crippen LogP contribution in [0.3, 0.4) is 0 Å². The van der Waals surface area contributed by atoms with E-state index in [1.54, 1.807) is 36.4 Å². The smallest absolute Gasteiger partial charge is 0.322 e. The Bertz CT molecular complexity index is 2100. The van der Waals surface area contributed by atoms with Crippen LogP contribution in [-0.2, 0) is 58.1 Å². The van der Waals surface area contributed by atoms with Crippen LogP contribution in [0.1, 0.15) is 97.8 Å². The number of hydrogen-bond acceptors (Lipinski definition) is 12. The van der Waals surface area contributed by atoms with Gasteiger partial charge < -0.3 is 14.2 Å². The first-order valence-electron chi connectivity index (χ1n) is 20.0. The van der Waals surface area contributed by atoms with Gasteiger partial charge in [-0.2, -0.15) is 10.0 Å². The SMILES string of the molecule is CC1(OC(=O)CS(=O)(=O)c2ccc(S(C)(c3ccc(S(=O)(=O)CC(=O)OC4(C)CCCC4)cc3)c3ccc(S(=O)(=O)CC(=O)OC4(C)CCCC4)cc3)cc2)CCCC1. The highest BCUT2D eigenvalue weighted by atomic mass is 32.3. The van der Waals surface area contributed by atoms with Crippen molar-refractivity contribution < 1.29 is 53.8 Å². The Hall–Kier alpha value is -3.73. The van der Waals surface area contributed by atoms with Crippen molar-refractivity contribution in [2.45, 2.75) is 144 Å². The fourth-order valence-corrected chi connectivity index (χ4v) is 14.6. The predicted octanol–water partition coefficient (Wildman–Crippen LogP) is 7.55. The number of hydrogen-bond donors (Lipinski definition) is 0. The lowest BCUT2D eigenvalue weighted by Gasteiger charge is -2.38. The molecule has 0 aliphatic heterocycles. The number of carbonyl (C=O) groups excluding carboxylic acids is 3. The molecular weight excluding hydrogens is 837 g/mol. The number of carbonyl (C=O) groups is 3. The summed E-state index contributed by atoms with van der Waals surface area (Å²) in [6.45, 7) is 5.43. The molecule has 0 radical (unpaired) electrons. The van der Waals surface area contributed by atoms with Gasteiger partial charge in [-0.15, -0.1) is 0 Å². The molecule has 0 saturated heterocycles. The second kappa shape index (κ2) is 17.0. The van der Waals surface area contributed by atoms with Crippen LogP contribution in [0.5, 0.6) is 0 Å². The molecule has 0 bridgehead atoms. The molecule has 0 heterocycles. The van der Waals surface area contributed by atoms with Crippen LogP contribution >= 0.6 is 10.0 Å². The lowest BCUT2D eigenvalue weighted by molar-refractivity contribution is -0.155. The standard InChI is InChI=1S/C43H54O12S4/c1-41(23-5-6-24-41)53-38(44)29-57(47,48)35-17-11-32(12-18-35)56(4,33-13-19-36(20-14-33)58(49,50)30-39(45)54-42(2)25-7-8-26-42)34-15-21-37(22-16-34)59(51,52)31-40(46)55-43(3)27-9-10-28-43/h11-22H,5-10,23-31H2,1-4H3. The zero-order valence-corrected chi connectivity index (χ0v) is 37.3. The molecule has 3 aliphatic carbocycles. The number of esters is 3. The number of ether oxygens (including phenoxy) is 3. The third kappa shape index (κ3) is 10.4. The van der Waals surface area contributed by atoms with E-state index < -0.39 is 91.5 Å². The fraction of sp³-hybridized carbons (Fsp3) is 0.512. The van der Waals surface area contributed by atoms with Gasteiger partial charge in [-0.25, -0.2) is 25.3 Å². The largest absolute Gasteiger partial charge is 0.459 e. The summed E-state index contributed by atoms with van der Waals surface area (Å²) >= 11 is 0. The second-order valence-corrected chi connectivity index (χ2v) is 26.2. The van der Waals surface area contributed by atoms with Crippen molar-refractivity contribution in [3.8, 4) is 0 Å². The molecule has 0 atom stereocenters. The summed E-state index contributed by atoms with van der Waals surface area (Å²) in [7, 11) is -14.6. The van der Waals surface area contributed by atoms with E-state index in [1.165, 1.54) is 36.4 Å². The third-order valence-electron chi connectivity index (χ3n) is 12.0. The summed E-state index contributed by atoms with van der Waals surface area (Å²) in [6.07, 6.45) is 11.4. The molecule has 0 aromatic heterocycles. The Morgan fingerprint density at radius 2 is 0.593 bits per heavy atom. The fourth-order valence-electron chi connectivity index (χ4n) is 8.47. The van der Waals surface area contributed by atoms with Crippen molar-refractivity contribution in [1.29, 1.82) is 0 Å². The molecule has 322 valence electrons. The van der Waals surface area contributed by atoms with Crippen LogP contribution in [0.25, 0.3) is 0 Å². The van der Waals surface area contributed by atoms with Crippen LogP contribution in [0.2, 0.25) is 0 Å². The molecule has 0 amide bonds. The monoisotopic (exact) mass is 890 g/mol. The maximum Gasteiger partial charge on any atom is 0.322 e. The first-order chi connectivity index (χ1) is 27.6. The predicted molar refractivity (Wildman–Crippen MR) is 223 cm³/mol. The van der Waals surface area contributed by atoms with E-state index in [2.05, 4.69) is 0 Å². The minimum atomic E-state index is -4.08. The second-order valence-electron chi connectivity index (χ2n) is 17.0. The minimum absolute atomic E-state index is 0.0869. The molecule has 3 aromatic rings. The zero-order valence-electron chi connectivity index (χ0n) is 34.1. The van der Waals surface area contributed by atoms with Gasteiger partial charge in [-0.3, -0.25) is 14.4 Å². The Kier molecular flexibility index (Phi) is 12.9. The van der Waals surface area contributed by atoms with Gasteiger partial charge in [0.15, 0.2) is 46.8 Å². The molecule has 3 aromatic carbocycles. The number of rotatable bonds is 15. The first-order valence-corrected chi connectivity index (χ1v) is 27.0. The molecule has 3 saturated carbocycles. The zero-order chi connectivity index (χ0) is 42.9. The summed E-state index contributed by atoms with van der Waals surface area (Å²) in [5.74, 6) is -4.92. The van der Waals surface area contributed by atoms with E-state index in [4.69, 9.17) is 14.2 Å². The lowest BCUT2D eigenvalue weighted by Crippen LogP contribution is -2.31. The van der Waals surface area contributed by atoms with Crippen molar-refractivity contribution >= 4 is 57.4 Å². The normalized spacial score (nSPS) is 19.2. The number of benzene rings is 3. The molecule has 12 nitrogen and oxygen atoms in total. The van der Waals surface area contributed by atoms with Crippen molar-refractivity contribution in [1.82, 2.24) is 0 Å². The van der Waals surface area contributed by atoms with E-state index >= 15 is 0 Å². The van der Waals surface area contributed by atoms with Crippen LogP contribution in [0, 0.1) is 0 Å². The highest BCUT2D eigenvalue weighted by molar-refractivity contribution is 8.33. The van der Waals surface area contributed by atoms with E-state index in [9.17, 15) is 39.6 Å². The summed E-state index contributed by atoms with van der Waals surface area (Å²) in [5.41, 5.74) is -2.04. The van der Waals surface area contributed by atoms with E-state index in [0.29, 0.717) is 53.2 Å². The van der Waals surface area contributed by atoms with E-state index in [-0.39, 0.29) is 14.7 Å². The minimum Gasteiger partial charge on any atom is -0.459 e. The summed E-state index contributed by atoms with van der Waals surface area (Å²) in [5, 5.41) is 0. The lowest BCUT2D eigenvalue weighted by atomic mass is 10.1. The maximum absolute atomic E-state index is 13.4. The first kappa shape index (κ1) is 44.8. The molecule has 0 spiro atoms. The third-order valence-corrected chi connectivity index (χ3v) is 20.4. The number of sulfone groups is 3. The van der Waals surface area contributed by atoms with Crippen molar-refractivity contribution in [2.75, 3.05) is 23.5 Å². The average molecular weight is 891 g/mol. The molecule has 0 unspecified atom stereocenters. The average Bonchev–Trinajstić information content (AvgIpc) is 3.91. The molecule has 6 rings (SSSR count). The van der Waals surface area contributed by atoms with Crippen LogP contribution < -0.4 is 0 Å². The highest BCUT2D eigenvalue weighted by Crippen LogP contribution is 2.65. The Balaban J connectivity index is 1.28. The quantitative estimate of drug-likeness (QED) is 0.108. The Morgan fingerprint density at radius 1 is 0.407 bits per heavy atom. The molecule has 3 aliphatic rings. The van der Waals surface area contributed by atoms with Gasteiger partial charge in [0.2, 0.25) is 0 Å². The van der Waals surface area contributed by atoms with Gasteiger partial charge in [0.1, 0.15) is 16.8 Å². The molecular formula is C43H54O12S4. The molecule has 16 heteroatoms. The van der Waals surface area contributed by atoms with Gasteiger partial charge >= 0.3 is 17.9 Å². The Labute approximate surface area is 349 Å². The summed E-state index contributed by atoms with van der Waals surface area (Å²) < 4.78 is 97.1. The van der Waals surface area contributed by atoms with Gasteiger partial charge in [0.05, 0.1) is 14.7 Å². The van der Waals surface area contributed by atoms with E-state index in [0.717, 1.165) is 38.5 Å². The molecule has 0 N–H and O–H groups in total. The van der Waals surface area contributed by atoms with Gasteiger partial charge in [0.25, 0.3) is 0 Å². The molecule has 59 heavy (non-hydrogen) atoms. The maximum atomic E-state index is 13.4. The van der Waals surface area contributed by atoms with Gasteiger partial charge in [-0.05, 0) is 192 Å².